The number of hydrogen-bond acceptors (Lipinski definition) is 3. The van der Waals surface area contributed by atoms with Gasteiger partial charge in [-0.3, -0.25) is 4.79 Å². The molecular weight excluding hydrogens is 120 g/mol. The molecule has 9 heavy (non-hydrogen) atoms. The van der Waals surface area contributed by atoms with Gasteiger partial charge in [-0.05, 0) is 0 Å². The van der Waals surface area contributed by atoms with Gasteiger partial charge >= 0.3 is 5.97 Å². The minimum Gasteiger partial charge on any atom is -0.426 e. The first-order valence-electron chi connectivity index (χ1n) is 2.79. The van der Waals surface area contributed by atoms with Gasteiger partial charge in [-0.1, -0.05) is 6.92 Å². The zero-order valence-electron chi connectivity index (χ0n) is 5.93. The molecule has 0 aliphatic heterocycles. The van der Waals surface area contributed by atoms with Gasteiger partial charge in [0.1, 0.15) is 0 Å². The van der Waals surface area contributed by atoms with Crippen molar-refractivity contribution in [2.75, 3.05) is 7.11 Å². The molecule has 0 bridgehead atoms. The van der Waals surface area contributed by atoms with Gasteiger partial charge in [0.25, 0.3) is 6.29 Å². The number of rotatable bonds is 3. The van der Waals surface area contributed by atoms with Gasteiger partial charge in [-0.25, -0.2) is 0 Å². The molecule has 0 heterocycles. The van der Waals surface area contributed by atoms with E-state index < -0.39 is 0 Å². The second-order valence-corrected chi connectivity index (χ2v) is 1.52. The van der Waals surface area contributed by atoms with E-state index in [1.807, 2.05) is 0 Å². The van der Waals surface area contributed by atoms with Crippen molar-refractivity contribution in [3.8, 4) is 0 Å². The van der Waals surface area contributed by atoms with Gasteiger partial charge in [-0.2, -0.15) is 0 Å². The van der Waals surface area contributed by atoms with Gasteiger partial charge in [0.2, 0.25) is 0 Å². The molecule has 1 radical (unpaired) electrons. The number of carbonyl (C=O) groups is 1. The molecule has 0 aliphatic rings. The van der Waals surface area contributed by atoms with Crippen LogP contribution in [-0.2, 0) is 14.3 Å². The Kier molecular flexibility index (Phi) is 4.05. The third kappa shape index (κ3) is 3.97. The molecule has 0 rings (SSSR count). The lowest BCUT2D eigenvalue weighted by Gasteiger charge is -2.06. The van der Waals surface area contributed by atoms with Crippen LogP contribution >= 0.6 is 0 Å². The molecule has 0 saturated carbocycles. The van der Waals surface area contributed by atoms with Crippen molar-refractivity contribution in [1.82, 2.24) is 0 Å². The average molecular weight is 131 g/mol. The molecule has 3 heteroatoms. The fourth-order valence-electron chi connectivity index (χ4n) is 0.274. The molecule has 0 aromatic rings. The van der Waals surface area contributed by atoms with Crippen molar-refractivity contribution in [3.63, 3.8) is 0 Å². The number of methoxy groups -OCH3 is 1. The summed E-state index contributed by atoms with van der Waals surface area (Å²) >= 11 is 0. The summed E-state index contributed by atoms with van der Waals surface area (Å²) in [6.07, 6.45) is 0.669. The predicted molar refractivity (Wildman–Crippen MR) is 32.3 cm³/mol. The Balaban J connectivity index is 3.34. The van der Waals surface area contributed by atoms with Crippen molar-refractivity contribution in [2.45, 2.75) is 20.3 Å². The van der Waals surface area contributed by atoms with Gasteiger partial charge in [0.15, 0.2) is 0 Å². The molecule has 0 aliphatic carbocycles. The first-order chi connectivity index (χ1) is 4.20. The molecule has 0 aromatic heterocycles. The smallest absolute Gasteiger partial charge is 0.308 e. The Morgan fingerprint density at radius 2 is 2.11 bits per heavy atom. The highest BCUT2D eigenvalue weighted by molar-refractivity contribution is 5.69. The Bertz CT molecular complexity index is 90.3. The standard InChI is InChI=1S/C6H11O3/c1-4-6(7)9-5(2)8-3/h4H2,1-3H3. The van der Waals surface area contributed by atoms with E-state index in [1.54, 1.807) is 13.8 Å². The summed E-state index contributed by atoms with van der Waals surface area (Å²) in [6, 6.07) is 0. The molecular formula is C6H11O3. The zero-order valence-corrected chi connectivity index (χ0v) is 5.93. The Morgan fingerprint density at radius 1 is 1.56 bits per heavy atom. The lowest BCUT2D eigenvalue weighted by Crippen LogP contribution is -2.07. The van der Waals surface area contributed by atoms with E-state index in [0.717, 1.165) is 0 Å². The van der Waals surface area contributed by atoms with Crippen molar-refractivity contribution in [2.24, 2.45) is 0 Å². The van der Waals surface area contributed by atoms with E-state index in [9.17, 15) is 4.79 Å². The molecule has 0 amide bonds. The van der Waals surface area contributed by atoms with Gasteiger partial charge in [0, 0.05) is 20.5 Å². The lowest BCUT2D eigenvalue weighted by atomic mass is 10.5. The largest absolute Gasteiger partial charge is 0.426 e. The summed E-state index contributed by atoms with van der Waals surface area (Å²) < 4.78 is 9.20. The van der Waals surface area contributed by atoms with E-state index in [2.05, 4.69) is 9.47 Å². The summed E-state index contributed by atoms with van der Waals surface area (Å²) in [5, 5.41) is 0. The highest BCUT2D eigenvalue weighted by Gasteiger charge is 2.05. The first-order valence-corrected chi connectivity index (χ1v) is 2.79. The van der Waals surface area contributed by atoms with Crippen LogP contribution in [0.15, 0.2) is 0 Å². The van der Waals surface area contributed by atoms with Crippen molar-refractivity contribution < 1.29 is 14.3 Å². The van der Waals surface area contributed by atoms with Crippen LogP contribution in [0.1, 0.15) is 20.3 Å². The SMILES string of the molecule is CCC(=O)O[C](C)OC. The first kappa shape index (κ1) is 8.43. The number of ether oxygens (including phenoxy) is 2. The van der Waals surface area contributed by atoms with Crippen LogP contribution in [0.4, 0.5) is 0 Å². The van der Waals surface area contributed by atoms with Crippen molar-refractivity contribution in [1.29, 1.82) is 0 Å². The van der Waals surface area contributed by atoms with Crippen LogP contribution in [0.3, 0.4) is 0 Å². The summed E-state index contributed by atoms with van der Waals surface area (Å²) in [6.45, 7) is 3.32. The van der Waals surface area contributed by atoms with Crippen LogP contribution in [0.5, 0.6) is 0 Å². The minimum atomic E-state index is -0.269. The lowest BCUT2D eigenvalue weighted by molar-refractivity contribution is -0.150. The van der Waals surface area contributed by atoms with Crippen LogP contribution < -0.4 is 0 Å². The predicted octanol–water partition coefficient (Wildman–Crippen LogP) is 1.10. The molecule has 3 nitrogen and oxygen atoms in total. The summed E-state index contributed by atoms with van der Waals surface area (Å²) in [5.74, 6) is -0.269. The second-order valence-electron chi connectivity index (χ2n) is 1.52. The van der Waals surface area contributed by atoms with E-state index in [4.69, 9.17) is 0 Å². The molecule has 0 spiro atoms. The van der Waals surface area contributed by atoms with Crippen molar-refractivity contribution in [3.05, 3.63) is 6.29 Å². The maximum atomic E-state index is 10.5. The number of esters is 1. The highest BCUT2D eigenvalue weighted by Crippen LogP contribution is 2.01. The number of hydrogen-bond donors (Lipinski definition) is 0. The van der Waals surface area contributed by atoms with Crippen molar-refractivity contribution >= 4 is 5.97 Å². The molecule has 0 N–H and O–H groups in total. The van der Waals surface area contributed by atoms with E-state index in [0.29, 0.717) is 12.7 Å². The summed E-state index contributed by atoms with van der Waals surface area (Å²) in [5.41, 5.74) is 0. The second kappa shape index (κ2) is 4.32. The molecule has 0 saturated heterocycles. The normalized spacial score (nSPS) is 9.78. The average Bonchev–Trinajstić information content (AvgIpc) is 1.87. The van der Waals surface area contributed by atoms with Crippen LogP contribution in [0, 0.1) is 6.29 Å². The van der Waals surface area contributed by atoms with Gasteiger partial charge in [0.05, 0.1) is 0 Å². The van der Waals surface area contributed by atoms with Gasteiger partial charge < -0.3 is 9.47 Å². The van der Waals surface area contributed by atoms with Gasteiger partial charge in [-0.15, -0.1) is 0 Å². The highest BCUT2D eigenvalue weighted by atomic mass is 16.7. The minimum absolute atomic E-state index is 0.269. The quantitative estimate of drug-likeness (QED) is 0.538. The Labute approximate surface area is 55.0 Å². The summed E-state index contributed by atoms with van der Waals surface area (Å²) in [4.78, 5) is 10.5. The van der Waals surface area contributed by atoms with Crippen LogP contribution in [0.25, 0.3) is 0 Å². The monoisotopic (exact) mass is 131 g/mol. The summed E-state index contributed by atoms with van der Waals surface area (Å²) in [7, 11) is 1.46. The Hall–Kier alpha value is -0.570. The molecule has 53 valence electrons. The Morgan fingerprint density at radius 3 is 2.44 bits per heavy atom. The molecule has 0 aromatic carbocycles. The van der Waals surface area contributed by atoms with Crippen LogP contribution in [0.2, 0.25) is 0 Å². The third-order valence-corrected chi connectivity index (χ3v) is 0.834. The molecule has 0 fully saturated rings. The zero-order chi connectivity index (χ0) is 7.28. The fourth-order valence-corrected chi connectivity index (χ4v) is 0.274. The fraction of sp³-hybridized carbons (Fsp3) is 0.667. The van der Waals surface area contributed by atoms with Crippen LogP contribution in [-0.4, -0.2) is 13.1 Å². The third-order valence-electron chi connectivity index (χ3n) is 0.834. The maximum Gasteiger partial charge on any atom is 0.308 e. The topological polar surface area (TPSA) is 35.5 Å². The number of carbonyl (C=O) groups excluding carboxylic acids is 1. The molecule has 0 unspecified atom stereocenters. The van der Waals surface area contributed by atoms with E-state index >= 15 is 0 Å². The molecule has 0 atom stereocenters. The van der Waals surface area contributed by atoms with E-state index in [1.165, 1.54) is 7.11 Å². The maximum absolute atomic E-state index is 10.5. The van der Waals surface area contributed by atoms with E-state index in [-0.39, 0.29) is 5.97 Å².